The van der Waals surface area contributed by atoms with Crippen LogP contribution in [0.15, 0.2) is 48.5 Å². The van der Waals surface area contributed by atoms with Gasteiger partial charge in [0.05, 0.1) is 0 Å². The summed E-state index contributed by atoms with van der Waals surface area (Å²) < 4.78 is 0. The van der Waals surface area contributed by atoms with E-state index in [0.29, 0.717) is 0 Å². The third kappa shape index (κ3) is 3.78. The average Bonchev–Trinajstić information content (AvgIpc) is 2.99. The van der Waals surface area contributed by atoms with Crippen LogP contribution in [0.3, 0.4) is 0 Å². The smallest absolute Gasteiger partial charge is 0.251 e. The third-order valence-corrected chi connectivity index (χ3v) is 4.67. The van der Waals surface area contributed by atoms with Crippen LogP contribution < -0.4 is 10.2 Å². The first-order valence-electron chi connectivity index (χ1n) is 8.90. The van der Waals surface area contributed by atoms with Gasteiger partial charge in [0.2, 0.25) is 0 Å². The largest absolute Gasteiger partial charge is 0.367 e. The second kappa shape index (κ2) is 7.52. The molecule has 0 radical (unpaired) electrons. The number of fused-ring (bicyclic) bond motifs is 1. The van der Waals surface area contributed by atoms with Crippen molar-refractivity contribution in [2.24, 2.45) is 0 Å². The minimum absolute atomic E-state index is 0.0222. The second-order valence-corrected chi connectivity index (χ2v) is 6.66. The lowest BCUT2D eigenvalue weighted by molar-refractivity contribution is 0.0938. The monoisotopic (exact) mass is 322 g/mol. The van der Waals surface area contributed by atoms with Crippen molar-refractivity contribution in [2.75, 3.05) is 11.4 Å². The fourth-order valence-corrected chi connectivity index (χ4v) is 3.37. The van der Waals surface area contributed by atoms with E-state index < -0.39 is 0 Å². The van der Waals surface area contributed by atoms with E-state index >= 15 is 0 Å². The summed E-state index contributed by atoms with van der Waals surface area (Å²) in [6, 6.07) is 16.8. The molecule has 0 saturated carbocycles. The van der Waals surface area contributed by atoms with Gasteiger partial charge in [-0.05, 0) is 49.1 Å². The first kappa shape index (κ1) is 16.6. The number of hydrogen-bond donors (Lipinski definition) is 1. The number of amides is 1. The fourth-order valence-electron chi connectivity index (χ4n) is 3.37. The summed E-state index contributed by atoms with van der Waals surface area (Å²) in [5.41, 5.74) is 4.75. The molecule has 1 atom stereocenters. The molecule has 1 N–H and O–H groups in total. The Kier molecular flexibility index (Phi) is 5.19. The van der Waals surface area contributed by atoms with E-state index in [0.717, 1.165) is 37.9 Å². The van der Waals surface area contributed by atoms with Gasteiger partial charge in [-0.25, -0.2) is 0 Å². The number of nitrogens with zero attached hydrogens (tertiary/aromatic N) is 1. The van der Waals surface area contributed by atoms with E-state index in [2.05, 4.69) is 60.5 Å². The van der Waals surface area contributed by atoms with Gasteiger partial charge >= 0.3 is 0 Å². The molecule has 3 nitrogen and oxygen atoms in total. The van der Waals surface area contributed by atoms with Crippen LogP contribution >= 0.6 is 0 Å². The number of para-hydroxylation sites is 1. The van der Waals surface area contributed by atoms with E-state index in [1.54, 1.807) is 0 Å². The van der Waals surface area contributed by atoms with Crippen LogP contribution in [0.5, 0.6) is 0 Å². The van der Waals surface area contributed by atoms with Crippen LogP contribution in [0.2, 0.25) is 0 Å². The maximum atomic E-state index is 12.2. The molecule has 1 amide bonds. The molecule has 126 valence electrons. The van der Waals surface area contributed by atoms with Gasteiger partial charge in [-0.3, -0.25) is 4.79 Å². The molecule has 0 spiro atoms. The van der Waals surface area contributed by atoms with Gasteiger partial charge in [0.1, 0.15) is 0 Å². The van der Waals surface area contributed by atoms with Gasteiger partial charge in [-0.15, -0.1) is 0 Å². The molecule has 0 bridgehead atoms. The Labute approximate surface area is 144 Å². The fraction of sp³-hybridized carbons (Fsp3) is 0.381. The Bertz CT molecular complexity index is 693. The van der Waals surface area contributed by atoms with Gasteiger partial charge in [0.15, 0.2) is 0 Å². The van der Waals surface area contributed by atoms with Crippen molar-refractivity contribution < 1.29 is 4.79 Å². The SMILES string of the molecule is CCC[C@H](C)NC(=O)c1ccc(CN2CCc3ccccc32)cc1. The lowest BCUT2D eigenvalue weighted by Crippen LogP contribution is -2.32. The molecule has 2 aromatic rings. The number of nitrogens with one attached hydrogen (secondary N) is 1. The van der Waals surface area contributed by atoms with Crippen LogP contribution in [0.4, 0.5) is 5.69 Å². The van der Waals surface area contributed by atoms with Crippen molar-refractivity contribution in [3.8, 4) is 0 Å². The lowest BCUT2D eigenvalue weighted by atomic mass is 10.1. The predicted molar refractivity (Wildman–Crippen MR) is 99.5 cm³/mol. The first-order valence-corrected chi connectivity index (χ1v) is 8.90. The number of hydrogen-bond acceptors (Lipinski definition) is 2. The lowest BCUT2D eigenvalue weighted by Gasteiger charge is -2.19. The maximum absolute atomic E-state index is 12.2. The highest BCUT2D eigenvalue weighted by molar-refractivity contribution is 5.94. The highest BCUT2D eigenvalue weighted by Crippen LogP contribution is 2.28. The van der Waals surface area contributed by atoms with Crippen molar-refractivity contribution >= 4 is 11.6 Å². The summed E-state index contributed by atoms with van der Waals surface area (Å²) >= 11 is 0. The number of rotatable bonds is 6. The minimum atomic E-state index is 0.0222. The summed E-state index contributed by atoms with van der Waals surface area (Å²) in [6.07, 6.45) is 3.21. The van der Waals surface area contributed by atoms with Crippen molar-refractivity contribution in [1.82, 2.24) is 5.32 Å². The molecule has 24 heavy (non-hydrogen) atoms. The molecule has 1 aliphatic rings. The molecule has 0 aromatic heterocycles. The molecule has 0 saturated heterocycles. The average molecular weight is 322 g/mol. The molecular weight excluding hydrogens is 296 g/mol. The predicted octanol–water partition coefficient (Wildman–Crippen LogP) is 4.17. The molecule has 0 aliphatic carbocycles. The first-order chi connectivity index (χ1) is 11.7. The van der Waals surface area contributed by atoms with Crippen molar-refractivity contribution in [3.63, 3.8) is 0 Å². The zero-order chi connectivity index (χ0) is 16.9. The third-order valence-electron chi connectivity index (χ3n) is 4.67. The van der Waals surface area contributed by atoms with Crippen LogP contribution in [0.25, 0.3) is 0 Å². The highest BCUT2D eigenvalue weighted by atomic mass is 16.1. The second-order valence-electron chi connectivity index (χ2n) is 6.66. The van der Waals surface area contributed by atoms with Crippen LogP contribution in [0.1, 0.15) is 48.2 Å². The van der Waals surface area contributed by atoms with Crippen molar-refractivity contribution in [3.05, 3.63) is 65.2 Å². The van der Waals surface area contributed by atoms with E-state index in [9.17, 15) is 4.79 Å². The molecule has 0 fully saturated rings. The minimum Gasteiger partial charge on any atom is -0.367 e. The molecule has 2 aromatic carbocycles. The molecule has 1 heterocycles. The van der Waals surface area contributed by atoms with Crippen LogP contribution in [0, 0.1) is 0 Å². The van der Waals surface area contributed by atoms with E-state index in [1.165, 1.54) is 16.8 Å². The molecule has 0 unspecified atom stereocenters. The number of anilines is 1. The molecular formula is C21H26N2O. The zero-order valence-electron chi connectivity index (χ0n) is 14.6. The zero-order valence-corrected chi connectivity index (χ0v) is 14.6. The topological polar surface area (TPSA) is 32.3 Å². The summed E-state index contributed by atoms with van der Waals surface area (Å²) in [6.45, 7) is 6.15. The van der Waals surface area contributed by atoms with Gasteiger partial charge in [-0.1, -0.05) is 43.7 Å². The Morgan fingerprint density at radius 2 is 1.92 bits per heavy atom. The number of carbonyl (C=O) groups excluding carboxylic acids is 1. The van der Waals surface area contributed by atoms with Crippen molar-refractivity contribution in [1.29, 1.82) is 0 Å². The van der Waals surface area contributed by atoms with Crippen molar-refractivity contribution in [2.45, 2.75) is 45.7 Å². The van der Waals surface area contributed by atoms with Gasteiger partial charge < -0.3 is 10.2 Å². The Morgan fingerprint density at radius 1 is 1.17 bits per heavy atom. The normalized spacial score (nSPS) is 14.3. The van der Waals surface area contributed by atoms with E-state index in [4.69, 9.17) is 0 Å². The Morgan fingerprint density at radius 3 is 2.67 bits per heavy atom. The van der Waals surface area contributed by atoms with Crippen LogP contribution in [-0.4, -0.2) is 18.5 Å². The quantitative estimate of drug-likeness (QED) is 0.866. The standard InChI is InChI=1S/C21H26N2O/c1-3-6-16(2)22-21(24)19-11-9-17(10-12-19)15-23-14-13-18-7-4-5-8-20(18)23/h4-5,7-12,16H,3,6,13-15H2,1-2H3,(H,22,24)/t16-/m0/s1. The summed E-state index contributed by atoms with van der Waals surface area (Å²) in [7, 11) is 0. The highest BCUT2D eigenvalue weighted by Gasteiger charge is 2.18. The van der Waals surface area contributed by atoms with E-state index in [-0.39, 0.29) is 11.9 Å². The summed E-state index contributed by atoms with van der Waals surface area (Å²) in [4.78, 5) is 14.6. The Hall–Kier alpha value is -2.29. The van der Waals surface area contributed by atoms with E-state index in [1.807, 2.05) is 12.1 Å². The van der Waals surface area contributed by atoms with Gasteiger partial charge in [-0.2, -0.15) is 0 Å². The molecule has 3 rings (SSSR count). The van der Waals surface area contributed by atoms with Crippen LogP contribution in [-0.2, 0) is 13.0 Å². The van der Waals surface area contributed by atoms with Gasteiger partial charge in [0, 0.05) is 30.4 Å². The number of carbonyl (C=O) groups is 1. The summed E-state index contributed by atoms with van der Waals surface area (Å²) in [5, 5.41) is 3.05. The molecule has 3 heteroatoms. The maximum Gasteiger partial charge on any atom is 0.251 e. The molecule has 1 aliphatic heterocycles. The Balaban J connectivity index is 1.62. The number of benzene rings is 2. The summed E-state index contributed by atoms with van der Waals surface area (Å²) in [5.74, 6) is 0.0222. The van der Waals surface area contributed by atoms with Gasteiger partial charge in [0.25, 0.3) is 5.91 Å².